The minimum absolute atomic E-state index is 0.268. The number of hydrogen-bond donors (Lipinski definition) is 1. The van der Waals surface area contributed by atoms with Crippen LogP contribution in [-0.4, -0.2) is 53.6 Å². The third-order valence-electron chi connectivity index (χ3n) is 4.11. The quantitative estimate of drug-likeness (QED) is 0.495. The van der Waals surface area contributed by atoms with E-state index >= 15 is 0 Å². The molecule has 0 amide bonds. The molecule has 1 aromatic heterocycles. The zero-order valence-electron chi connectivity index (χ0n) is 14.6. The molecule has 1 aliphatic heterocycles. The van der Waals surface area contributed by atoms with Crippen LogP contribution in [0.1, 0.15) is 5.56 Å². The molecular formula is C19H22N6O. The molecule has 1 fully saturated rings. The zero-order chi connectivity index (χ0) is 18.2. The molecule has 2 aromatic rings. The van der Waals surface area contributed by atoms with Crippen molar-refractivity contribution < 1.29 is 4.74 Å². The predicted octanol–water partition coefficient (Wildman–Crippen LogP) is 1.13. The van der Waals surface area contributed by atoms with Crippen molar-refractivity contribution in [3.05, 3.63) is 48.3 Å². The molecule has 2 heterocycles. The number of piperazine rings is 1. The van der Waals surface area contributed by atoms with Gasteiger partial charge >= 0.3 is 0 Å². The van der Waals surface area contributed by atoms with E-state index in [-0.39, 0.29) is 6.61 Å². The molecule has 1 aliphatic rings. The summed E-state index contributed by atoms with van der Waals surface area (Å²) in [4.78, 5) is 17.3. The number of ether oxygens (including phenoxy) is 1. The van der Waals surface area contributed by atoms with Gasteiger partial charge in [0.25, 0.3) is 0 Å². The van der Waals surface area contributed by atoms with E-state index in [9.17, 15) is 0 Å². The van der Waals surface area contributed by atoms with Crippen molar-refractivity contribution in [2.75, 3.05) is 37.7 Å². The van der Waals surface area contributed by atoms with Crippen LogP contribution in [0.5, 0.6) is 5.75 Å². The van der Waals surface area contributed by atoms with Crippen LogP contribution in [0, 0.1) is 12.3 Å². The highest BCUT2D eigenvalue weighted by molar-refractivity contribution is 5.78. The summed E-state index contributed by atoms with van der Waals surface area (Å²) in [6, 6.07) is 9.52. The van der Waals surface area contributed by atoms with E-state index in [1.54, 1.807) is 12.4 Å². The van der Waals surface area contributed by atoms with Crippen molar-refractivity contribution in [3.8, 4) is 18.1 Å². The van der Waals surface area contributed by atoms with E-state index in [4.69, 9.17) is 16.9 Å². The molecule has 0 unspecified atom stereocenters. The minimum Gasteiger partial charge on any atom is -0.481 e. The van der Waals surface area contributed by atoms with Gasteiger partial charge in [0.2, 0.25) is 5.95 Å². The Morgan fingerprint density at radius 1 is 1.15 bits per heavy atom. The maximum absolute atomic E-state index is 6.16. The fourth-order valence-electron chi connectivity index (χ4n) is 2.68. The maximum Gasteiger partial charge on any atom is 0.225 e. The normalized spacial score (nSPS) is 14.8. The third-order valence-corrected chi connectivity index (χ3v) is 4.11. The molecule has 134 valence electrons. The number of terminal acetylenes is 1. The summed E-state index contributed by atoms with van der Waals surface area (Å²) in [6.45, 7) is 4.04. The summed E-state index contributed by atoms with van der Waals surface area (Å²) in [7, 11) is 0. The summed E-state index contributed by atoms with van der Waals surface area (Å²) in [6.07, 6.45) is 8.69. The lowest BCUT2D eigenvalue weighted by Crippen LogP contribution is -2.51. The lowest BCUT2D eigenvalue weighted by atomic mass is 10.2. The molecule has 0 spiro atoms. The summed E-state index contributed by atoms with van der Waals surface area (Å²) in [5.74, 6) is 4.52. The van der Waals surface area contributed by atoms with Crippen LogP contribution in [-0.2, 0) is 6.54 Å². The summed E-state index contributed by atoms with van der Waals surface area (Å²) in [5, 5.41) is 0. The molecule has 26 heavy (non-hydrogen) atoms. The number of aliphatic imine (C=N–C) groups is 1. The second-order valence-corrected chi connectivity index (χ2v) is 5.83. The van der Waals surface area contributed by atoms with Crippen LogP contribution in [0.4, 0.5) is 5.95 Å². The van der Waals surface area contributed by atoms with E-state index in [0.717, 1.165) is 43.4 Å². The van der Waals surface area contributed by atoms with Crippen LogP contribution in [0.15, 0.2) is 47.7 Å². The Bertz CT molecular complexity index is 761. The average molecular weight is 350 g/mol. The molecule has 0 atom stereocenters. The van der Waals surface area contributed by atoms with Gasteiger partial charge in [-0.2, -0.15) is 0 Å². The number of rotatable bonds is 5. The summed E-state index contributed by atoms with van der Waals surface area (Å²) < 4.78 is 5.36. The standard InChI is InChI=1S/C19H22N6O/c1-2-14-26-17-6-4-16(5-7-17)15-23-18(20)24-10-12-25(13-11-24)19-21-8-3-9-22-19/h1,3-9H,10-15H2,(H2,20,23). The van der Waals surface area contributed by atoms with E-state index < -0.39 is 0 Å². The van der Waals surface area contributed by atoms with Crippen LogP contribution in [0.3, 0.4) is 0 Å². The Labute approximate surface area is 153 Å². The lowest BCUT2D eigenvalue weighted by molar-refractivity contribution is 0.370. The number of benzene rings is 1. The fourth-order valence-corrected chi connectivity index (χ4v) is 2.68. The number of guanidine groups is 1. The molecule has 0 bridgehead atoms. The van der Waals surface area contributed by atoms with Gasteiger partial charge in [0.1, 0.15) is 12.4 Å². The molecule has 1 saturated heterocycles. The third kappa shape index (κ3) is 4.63. The van der Waals surface area contributed by atoms with Gasteiger partial charge in [0, 0.05) is 38.6 Å². The van der Waals surface area contributed by atoms with Crippen molar-refractivity contribution in [2.24, 2.45) is 10.7 Å². The number of aromatic nitrogens is 2. The highest BCUT2D eigenvalue weighted by atomic mass is 16.5. The smallest absolute Gasteiger partial charge is 0.225 e. The van der Waals surface area contributed by atoms with Gasteiger partial charge in [-0.05, 0) is 23.8 Å². The lowest BCUT2D eigenvalue weighted by Gasteiger charge is -2.35. The number of nitrogens with two attached hydrogens (primary N) is 1. The van der Waals surface area contributed by atoms with Crippen LogP contribution >= 0.6 is 0 Å². The van der Waals surface area contributed by atoms with Crippen LogP contribution < -0.4 is 15.4 Å². The summed E-state index contributed by atoms with van der Waals surface area (Å²) >= 11 is 0. The van der Waals surface area contributed by atoms with Crippen molar-refractivity contribution in [3.63, 3.8) is 0 Å². The molecule has 1 aromatic carbocycles. The number of anilines is 1. The molecular weight excluding hydrogens is 328 g/mol. The number of hydrogen-bond acceptors (Lipinski definition) is 5. The highest BCUT2D eigenvalue weighted by Gasteiger charge is 2.19. The van der Waals surface area contributed by atoms with Crippen molar-refractivity contribution in [2.45, 2.75) is 6.54 Å². The maximum atomic E-state index is 6.16. The fraction of sp³-hybridized carbons (Fsp3) is 0.316. The Hall–Kier alpha value is -3.27. The second kappa shape index (κ2) is 8.72. The first-order chi connectivity index (χ1) is 12.8. The predicted molar refractivity (Wildman–Crippen MR) is 102 cm³/mol. The van der Waals surface area contributed by atoms with Crippen molar-refractivity contribution in [1.82, 2.24) is 14.9 Å². The highest BCUT2D eigenvalue weighted by Crippen LogP contribution is 2.13. The molecule has 0 saturated carbocycles. The van der Waals surface area contributed by atoms with Crippen molar-refractivity contribution in [1.29, 1.82) is 0 Å². The molecule has 2 N–H and O–H groups in total. The molecule has 7 nitrogen and oxygen atoms in total. The Kier molecular flexibility index (Phi) is 5.88. The first-order valence-electron chi connectivity index (χ1n) is 8.48. The van der Waals surface area contributed by atoms with Gasteiger partial charge in [-0.25, -0.2) is 15.0 Å². The first-order valence-corrected chi connectivity index (χ1v) is 8.48. The molecule has 0 radical (unpaired) electrons. The SMILES string of the molecule is C#CCOc1ccc(CN=C(N)N2CCN(c3ncccn3)CC2)cc1. The van der Waals surface area contributed by atoms with Crippen LogP contribution in [0.2, 0.25) is 0 Å². The van der Waals surface area contributed by atoms with E-state index in [1.807, 2.05) is 30.3 Å². The largest absolute Gasteiger partial charge is 0.481 e. The van der Waals surface area contributed by atoms with Crippen LogP contribution in [0.25, 0.3) is 0 Å². The van der Waals surface area contributed by atoms with Gasteiger partial charge in [-0.3, -0.25) is 0 Å². The number of nitrogens with zero attached hydrogens (tertiary/aromatic N) is 5. The average Bonchev–Trinajstić information content (AvgIpc) is 2.72. The molecule has 3 rings (SSSR count). The van der Waals surface area contributed by atoms with Gasteiger partial charge < -0.3 is 20.3 Å². The van der Waals surface area contributed by atoms with Crippen molar-refractivity contribution >= 4 is 11.9 Å². The van der Waals surface area contributed by atoms with E-state index in [2.05, 4.69) is 30.7 Å². The van der Waals surface area contributed by atoms with Gasteiger partial charge in [-0.1, -0.05) is 18.1 Å². The Morgan fingerprint density at radius 2 is 1.85 bits per heavy atom. The molecule has 7 heteroatoms. The zero-order valence-corrected chi connectivity index (χ0v) is 14.6. The Balaban J connectivity index is 1.50. The first kappa shape index (κ1) is 17.5. The van der Waals surface area contributed by atoms with E-state index in [0.29, 0.717) is 12.5 Å². The van der Waals surface area contributed by atoms with Gasteiger partial charge in [0.05, 0.1) is 6.54 Å². The van der Waals surface area contributed by atoms with E-state index in [1.165, 1.54) is 0 Å². The Morgan fingerprint density at radius 3 is 2.50 bits per heavy atom. The van der Waals surface area contributed by atoms with Gasteiger partial charge in [0.15, 0.2) is 5.96 Å². The monoisotopic (exact) mass is 350 g/mol. The summed E-state index contributed by atoms with van der Waals surface area (Å²) in [5.41, 5.74) is 7.22. The molecule has 0 aliphatic carbocycles. The topological polar surface area (TPSA) is 79.9 Å². The van der Waals surface area contributed by atoms with Gasteiger partial charge in [-0.15, -0.1) is 6.42 Å². The second-order valence-electron chi connectivity index (χ2n) is 5.83. The minimum atomic E-state index is 0.268.